The molecule has 2 aliphatic rings. The summed E-state index contributed by atoms with van der Waals surface area (Å²) in [6.45, 7) is 11.0. The molecule has 0 aromatic rings. The van der Waals surface area contributed by atoms with E-state index < -0.39 is 0 Å². The van der Waals surface area contributed by atoms with Crippen LogP contribution < -0.4 is 10.6 Å². The molecule has 0 aromatic carbocycles. The molecule has 0 aromatic heterocycles. The number of nitrogens with zero attached hydrogens (tertiary/aromatic N) is 3. The number of aliphatic hydroxyl groups excluding tert-OH is 1. The number of nitrogens with one attached hydrogen (secondary N) is 2. The van der Waals surface area contributed by atoms with Crippen LogP contribution in [0.1, 0.15) is 105 Å². The molecule has 0 spiro atoms. The van der Waals surface area contributed by atoms with Crippen molar-refractivity contribution in [2.45, 2.75) is 110 Å². The molecule has 0 fully saturated rings. The Morgan fingerprint density at radius 1 is 0.857 bits per heavy atom. The Bertz CT molecular complexity index is 969. The molecule has 11 heteroatoms. The third kappa shape index (κ3) is 15.0. The van der Waals surface area contributed by atoms with Crippen LogP contribution in [0.25, 0.3) is 0 Å². The summed E-state index contributed by atoms with van der Waals surface area (Å²) in [5.41, 5.74) is 0.302. The number of hydrogen-bond acceptors (Lipinski definition) is 9. The summed E-state index contributed by atoms with van der Waals surface area (Å²) in [5, 5.41) is 24.3. The number of carbonyl (C=O) groups excluding carboxylic acids is 3. The van der Waals surface area contributed by atoms with Crippen molar-refractivity contribution in [3.05, 3.63) is 11.3 Å². The quantitative estimate of drug-likeness (QED) is 0.112. The first-order valence-electron chi connectivity index (χ1n) is 15.7. The van der Waals surface area contributed by atoms with Gasteiger partial charge in [-0.1, -0.05) is 40.0 Å². The van der Waals surface area contributed by atoms with Gasteiger partial charge in [0.2, 0.25) is 11.8 Å². The topological polar surface area (TPSA) is 151 Å². The second-order valence-electron chi connectivity index (χ2n) is 12.2. The Morgan fingerprint density at radius 3 is 2.21 bits per heavy atom. The number of hydrogen-bond donors (Lipinski definition) is 3. The Hall–Kier alpha value is -2.66. The highest BCUT2D eigenvalue weighted by molar-refractivity contribution is 6.23. The van der Waals surface area contributed by atoms with Crippen molar-refractivity contribution < 1.29 is 29.0 Å². The van der Waals surface area contributed by atoms with E-state index in [-0.39, 0.29) is 34.4 Å². The lowest BCUT2D eigenvalue weighted by molar-refractivity contribution is -0.122. The van der Waals surface area contributed by atoms with E-state index in [1.165, 1.54) is 12.8 Å². The molecule has 1 aliphatic heterocycles. The molecule has 0 unspecified atom stereocenters. The average Bonchev–Trinajstić information content (AvgIpc) is 3.66. The minimum Gasteiger partial charge on any atom is -0.511 e. The minimum atomic E-state index is -0.360. The number of ketones is 1. The van der Waals surface area contributed by atoms with E-state index in [0.29, 0.717) is 109 Å². The third-order valence-electron chi connectivity index (χ3n) is 7.31. The largest absolute Gasteiger partial charge is 0.511 e. The SMILES string of the molecule is CCCCCCNC(=O)CCCCC(=NCCOCCOCCNC(=O)CCC1(C)N=N1)C1=C(O)CC(C)(C)CC1=O. The predicted molar refractivity (Wildman–Crippen MR) is 163 cm³/mol. The zero-order valence-corrected chi connectivity index (χ0v) is 26.3. The van der Waals surface area contributed by atoms with Crippen molar-refractivity contribution in [2.75, 3.05) is 46.1 Å². The number of Topliss-reactive ketones (excluding diaryl/α,β-unsaturated/α-hetero) is 1. The smallest absolute Gasteiger partial charge is 0.220 e. The van der Waals surface area contributed by atoms with Crippen molar-refractivity contribution in [3.63, 3.8) is 0 Å². The van der Waals surface area contributed by atoms with Gasteiger partial charge >= 0.3 is 0 Å². The maximum atomic E-state index is 12.9. The van der Waals surface area contributed by atoms with Gasteiger partial charge in [-0.25, -0.2) is 0 Å². The van der Waals surface area contributed by atoms with Crippen LogP contribution in [0.3, 0.4) is 0 Å². The van der Waals surface area contributed by atoms with Crippen LogP contribution in [0.2, 0.25) is 0 Å². The van der Waals surface area contributed by atoms with Gasteiger partial charge in [0.05, 0.1) is 38.5 Å². The van der Waals surface area contributed by atoms with E-state index >= 15 is 0 Å². The Kier molecular flexibility index (Phi) is 15.9. The van der Waals surface area contributed by atoms with Crippen molar-refractivity contribution >= 4 is 23.3 Å². The summed E-state index contributed by atoms with van der Waals surface area (Å²) in [6, 6.07) is 0. The molecule has 11 nitrogen and oxygen atoms in total. The summed E-state index contributed by atoms with van der Waals surface area (Å²) >= 11 is 0. The fourth-order valence-electron chi connectivity index (χ4n) is 4.80. The monoisotopic (exact) mass is 591 g/mol. The maximum Gasteiger partial charge on any atom is 0.220 e. The molecule has 0 saturated heterocycles. The molecule has 1 aliphatic carbocycles. The number of amides is 2. The van der Waals surface area contributed by atoms with Gasteiger partial charge in [0, 0.05) is 50.9 Å². The van der Waals surface area contributed by atoms with E-state index in [2.05, 4.69) is 32.8 Å². The molecule has 238 valence electrons. The number of aliphatic hydroxyl groups is 1. The van der Waals surface area contributed by atoms with Crippen LogP contribution in [0.5, 0.6) is 0 Å². The van der Waals surface area contributed by atoms with Crippen molar-refractivity contribution in [3.8, 4) is 0 Å². The van der Waals surface area contributed by atoms with Gasteiger partial charge in [-0.2, -0.15) is 10.2 Å². The van der Waals surface area contributed by atoms with Crippen LogP contribution in [-0.2, 0) is 23.9 Å². The molecule has 0 atom stereocenters. The molecular weight excluding hydrogens is 538 g/mol. The minimum absolute atomic E-state index is 0.0377. The number of ether oxygens (including phenoxy) is 2. The predicted octanol–water partition coefficient (Wildman–Crippen LogP) is 5.00. The summed E-state index contributed by atoms with van der Waals surface area (Å²) in [6.07, 6.45) is 8.65. The van der Waals surface area contributed by atoms with Gasteiger partial charge in [0.25, 0.3) is 0 Å². The molecule has 0 saturated carbocycles. The van der Waals surface area contributed by atoms with Crippen LogP contribution in [0, 0.1) is 5.41 Å². The van der Waals surface area contributed by atoms with Gasteiger partial charge in [-0.3, -0.25) is 19.4 Å². The first kappa shape index (κ1) is 35.5. The highest BCUT2D eigenvalue weighted by Gasteiger charge is 2.35. The average molecular weight is 592 g/mol. The molecule has 2 amide bonds. The molecule has 0 radical (unpaired) electrons. The highest BCUT2D eigenvalue weighted by Crippen LogP contribution is 2.36. The summed E-state index contributed by atoms with van der Waals surface area (Å²) in [7, 11) is 0. The maximum absolute atomic E-state index is 12.9. The van der Waals surface area contributed by atoms with E-state index in [0.717, 1.165) is 12.8 Å². The van der Waals surface area contributed by atoms with E-state index in [1.807, 2.05) is 20.8 Å². The Balaban J connectivity index is 1.69. The third-order valence-corrected chi connectivity index (χ3v) is 7.31. The zero-order valence-electron chi connectivity index (χ0n) is 26.3. The summed E-state index contributed by atoms with van der Waals surface area (Å²) in [5.74, 6) is 0.0360. The highest BCUT2D eigenvalue weighted by atomic mass is 16.5. The number of aliphatic imine (C=N–C) groups is 1. The van der Waals surface area contributed by atoms with Gasteiger partial charge in [-0.05, 0) is 38.0 Å². The first-order valence-corrected chi connectivity index (χ1v) is 15.7. The fourth-order valence-corrected chi connectivity index (χ4v) is 4.80. The van der Waals surface area contributed by atoms with Crippen LogP contribution in [0.4, 0.5) is 0 Å². The number of carbonyl (C=O) groups is 3. The van der Waals surface area contributed by atoms with Crippen molar-refractivity contribution in [1.82, 2.24) is 10.6 Å². The molecule has 3 N–H and O–H groups in total. The van der Waals surface area contributed by atoms with E-state index in [9.17, 15) is 19.5 Å². The van der Waals surface area contributed by atoms with Crippen molar-refractivity contribution in [1.29, 1.82) is 0 Å². The lowest BCUT2D eigenvalue weighted by atomic mass is 9.75. The van der Waals surface area contributed by atoms with Crippen LogP contribution >= 0.6 is 0 Å². The Labute approximate surface area is 251 Å². The first-order chi connectivity index (χ1) is 20.1. The molecule has 2 rings (SSSR count). The second kappa shape index (κ2) is 18.8. The molecule has 0 bridgehead atoms. The van der Waals surface area contributed by atoms with E-state index in [1.54, 1.807) is 0 Å². The fraction of sp³-hybridized carbons (Fsp3) is 0.806. The zero-order chi connectivity index (χ0) is 30.8. The van der Waals surface area contributed by atoms with Gasteiger partial charge in [0.15, 0.2) is 11.4 Å². The number of rotatable bonds is 23. The number of unbranched alkanes of at least 4 members (excludes halogenated alkanes) is 4. The molecule has 1 heterocycles. The van der Waals surface area contributed by atoms with Gasteiger partial charge in [-0.15, -0.1) is 0 Å². The molecule has 42 heavy (non-hydrogen) atoms. The van der Waals surface area contributed by atoms with E-state index in [4.69, 9.17) is 9.47 Å². The number of allylic oxidation sites excluding steroid dienone is 2. The van der Waals surface area contributed by atoms with Crippen LogP contribution in [-0.4, -0.2) is 80.1 Å². The summed E-state index contributed by atoms with van der Waals surface area (Å²) in [4.78, 5) is 41.5. The standard InChI is InChI=1S/C31H53N5O6/c1-5-6-7-10-15-33-27(39)12-9-8-11-24(29-25(37)22-30(2,3)23-26(29)38)32-16-18-41-20-21-42-19-17-34-28(40)13-14-31(4)35-36-31/h37H,5-23H2,1-4H3,(H,33,39)(H,34,40). The summed E-state index contributed by atoms with van der Waals surface area (Å²) < 4.78 is 11.1. The lowest BCUT2D eigenvalue weighted by Gasteiger charge is -2.30. The lowest BCUT2D eigenvalue weighted by Crippen LogP contribution is -2.29. The van der Waals surface area contributed by atoms with Gasteiger partial charge < -0.3 is 25.2 Å². The molecular formula is C31H53N5O6. The second-order valence-corrected chi connectivity index (χ2v) is 12.2. The van der Waals surface area contributed by atoms with Gasteiger partial charge in [0.1, 0.15) is 5.76 Å². The normalized spacial score (nSPS) is 17.4. The van der Waals surface area contributed by atoms with Crippen molar-refractivity contribution in [2.24, 2.45) is 20.6 Å². The Morgan fingerprint density at radius 2 is 1.52 bits per heavy atom. The van der Waals surface area contributed by atoms with Crippen LogP contribution in [0.15, 0.2) is 26.6 Å².